The highest BCUT2D eigenvalue weighted by molar-refractivity contribution is 9.10. The highest BCUT2D eigenvalue weighted by Gasteiger charge is 2.19. The maximum absolute atomic E-state index is 13.3. The van der Waals surface area contributed by atoms with Crippen LogP contribution in [0.4, 0.5) is 15.8 Å². The van der Waals surface area contributed by atoms with Gasteiger partial charge in [-0.15, -0.1) is 0 Å². The molecule has 0 fully saturated rings. The molecule has 4 nitrogen and oxygen atoms in total. The molecule has 0 spiro atoms. The van der Waals surface area contributed by atoms with Crippen molar-refractivity contribution >= 4 is 37.3 Å². The van der Waals surface area contributed by atoms with Crippen molar-refractivity contribution in [3.63, 3.8) is 0 Å². The third-order valence-corrected chi connectivity index (χ3v) is 5.39. The molecule has 0 amide bonds. The number of sulfonamides is 1. The second kappa shape index (κ2) is 5.65. The smallest absolute Gasteiger partial charge is 0.262 e. The molecule has 7 heteroatoms. The summed E-state index contributed by atoms with van der Waals surface area (Å²) in [5.74, 6) is -0.635. The molecule has 0 aliphatic rings. The van der Waals surface area contributed by atoms with Gasteiger partial charge in [-0.2, -0.15) is 0 Å². The van der Waals surface area contributed by atoms with Crippen LogP contribution in [0.25, 0.3) is 0 Å². The van der Waals surface area contributed by atoms with E-state index in [9.17, 15) is 12.8 Å². The molecule has 0 aliphatic heterocycles. The lowest BCUT2D eigenvalue weighted by molar-refractivity contribution is 0.599. The molecule has 0 aromatic heterocycles. The second-order valence-electron chi connectivity index (χ2n) is 4.71. The second-order valence-corrected chi connectivity index (χ2v) is 7.21. The molecule has 0 atom stereocenters. The average Bonchev–Trinajstić information content (AvgIpc) is 2.37. The van der Waals surface area contributed by atoms with Crippen LogP contribution in [-0.2, 0) is 10.0 Å². The lowest BCUT2D eigenvalue weighted by Gasteiger charge is -2.12. The predicted molar refractivity (Wildman–Crippen MR) is 85.2 cm³/mol. The van der Waals surface area contributed by atoms with Crippen molar-refractivity contribution in [2.75, 3.05) is 10.5 Å². The number of halogens is 2. The number of aryl methyl sites for hydroxylation is 2. The van der Waals surface area contributed by atoms with Crippen LogP contribution in [0.2, 0.25) is 0 Å². The Morgan fingerprint density at radius 1 is 1.14 bits per heavy atom. The number of anilines is 2. The van der Waals surface area contributed by atoms with E-state index in [1.165, 1.54) is 6.92 Å². The molecule has 2 aromatic rings. The summed E-state index contributed by atoms with van der Waals surface area (Å²) in [6, 6.07) is 7.33. The molecule has 21 heavy (non-hydrogen) atoms. The first-order chi connectivity index (χ1) is 9.70. The van der Waals surface area contributed by atoms with Gasteiger partial charge in [-0.25, -0.2) is 12.8 Å². The van der Waals surface area contributed by atoms with Crippen LogP contribution in [0.15, 0.2) is 39.7 Å². The molecule has 0 aliphatic carbocycles. The number of nitrogens with one attached hydrogen (secondary N) is 1. The van der Waals surface area contributed by atoms with Crippen molar-refractivity contribution in [2.45, 2.75) is 18.7 Å². The van der Waals surface area contributed by atoms with Crippen LogP contribution in [0.1, 0.15) is 11.1 Å². The van der Waals surface area contributed by atoms with E-state index >= 15 is 0 Å². The van der Waals surface area contributed by atoms with Gasteiger partial charge < -0.3 is 5.73 Å². The summed E-state index contributed by atoms with van der Waals surface area (Å²) in [7, 11) is -3.83. The van der Waals surface area contributed by atoms with E-state index in [1.54, 1.807) is 18.2 Å². The van der Waals surface area contributed by atoms with Gasteiger partial charge in [-0.05, 0) is 49.2 Å². The SMILES string of the molecule is Cc1ccc(NS(=O)(=O)c2cc(N)c(F)cc2C)cc1Br. The molecule has 0 unspecified atom stereocenters. The fourth-order valence-electron chi connectivity index (χ4n) is 1.82. The highest BCUT2D eigenvalue weighted by Crippen LogP contribution is 2.26. The fourth-order valence-corrected chi connectivity index (χ4v) is 3.52. The van der Waals surface area contributed by atoms with Crippen LogP contribution >= 0.6 is 15.9 Å². The summed E-state index contributed by atoms with van der Waals surface area (Å²) in [4.78, 5) is -0.0434. The Balaban J connectivity index is 2.43. The largest absolute Gasteiger partial charge is 0.396 e. The number of nitrogen functional groups attached to an aromatic ring is 1. The van der Waals surface area contributed by atoms with Gasteiger partial charge in [-0.1, -0.05) is 22.0 Å². The van der Waals surface area contributed by atoms with Crippen molar-refractivity contribution in [3.8, 4) is 0 Å². The number of hydrogen-bond donors (Lipinski definition) is 2. The zero-order valence-electron chi connectivity index (χ0n) is 11.4. The molecular formula is C14H14BrFN2O2S. The number of nitrogens with two attached hydrogens (primary N) is 1. The fraction of sp³-hybridized carbons (Fsp3) is 0.143. The Kier molecular flexibility index (Phi) is 4.25. The third kappa shape index (κ3) is 3.36. The number of hydrogen-bond acceptors (Lipinski definition) is 3. The van der Waals surface area contributed by atoms with E-state index in [1.807, 2.05) is 6.92 Å². The number of rotatable bonds is 3. The summed E-state index contributed by atoms with van der Waals surface area (Å²) < 4.78 is 41.3. The van der Waals surface area contributed by atoms with Gasteiger partial charge in [0, 0.05) is 10.2 Å². The predicted octanol–water partition coefficient (Wildman–Crippen LogP) is 3.59. The molecule has 2 aromatic carbocycles. The molecular weight excluding hydrogens is 359 g/mol. The zero-order valence-corrected chi connectivity index (χ0v) is 13.8. The van der Waals surface area contributed by atoms with Crippen LogP contribution < -0.4 is 10.5 Å². The van der Waals surface area contributed by atoms with Gasteiger partial charge in [0.05, 0.1) is 10.6 Å². The van der Waals surface area contributed by atoms with Crippen LogP contribution in [0, 0.1) is 19.7 Å². The molecule has 0 saturated heterocycles. The molecule has 0 saturated carbocycles. The standard InChI is InChI=1S/C14H14BrFN2O2S/c1-8-3-4-10(6-11(8)15)18-21(19,20)14-7-13(17)12(16)5-9(14)2/h3-7,18H,17H2,1-2H3. The quantitative estimate of drug-likeness (QED) is 0.808. The number of benzene rings is 2. The zero-order chi connectivity index (χ0) is 15.8. The van der Waals surface area contributed by atoms with Gasteiger partial charge in [0.2, 0.25) is 0 Å². The minimum atomic E-state index is -3.83. The van der Waals surface area contributed by atoms with Crippen LogP contribution in [0.3, 0.4) is 0 Å². The Labute approximate surface area is 131 Å². The first-order valence-corrected chi connectivity index (χ1v) is 8.33. The average molecular weight is 373 g/mol. The highest BCUT2D eigenvalue weighted by atomic mass is 79.9. The third-order valence-electron chi connectivity index (χ3n) is 3.01. The topological polar surface area (TPSA) is 72.2 Å². The van der Waals surface area contributed by atoms with Crippen molar-refractivity contribution in [1.82, 2.24) is 0 Å². The minimum absolute atomic E-state index is 0.0434. The van der Waals surface area contributed by atoms with Crippen LogP contribution in [-0.4, -0.2) is 8.42 Å². The van der Waals surface area contributed by atoms with E-state index in [4.69, 9.17) is 5.73 Å². The van der Waals surface area contributed by atoms with Crippen molar-refractivity contribution < 1.29 is 12.8 Å². The molecule has 3 N–H and O–H groups in total. The molecule has 0 heterocycles. The van der Waals surface area contributed by atoms with E-state index in [-0.39, 0.29) is 10.6 Å². The van der Waals surface area contributed by atoms with Crippen LogP contribution in [0.5, 0.6) is 0 Å². The van der Waals surface area contributed by atoms with Gasteiger partial charge in [0.15, 0.2) is 0 Å². The Morgan fingerprint density at radius 2 is 1.81 bits per heavy atom. The Morgan fingerprint density at radius 3 is 2.43 bits per heavy atom. The van der Waals surface area contributed by atoms with Crippen molar-refractivity contribution in [3.05, 3.63) is 51.7 Å². The van der Waals surface area contributed by atoms with Gasteiger partial charge in [-0.3, -0.25) is 4.72 Å². The summed E-state index contributed by atoms with van der Waals surface area (Å²) in [6.45, 7) is 3.41. The van der Waals surface area contributed by atoms with Gasteiger partial charge in [0.1, 0.15) is 5.82 Å². The van der Waals surface area contributed by atoms with Gasteiger partial charge >= 0.3 is 0 Å². The molecule has 0 bridgehead atoms. The van der Waals surface area contributed by atoms with E-state index in [2.05, 4.69) is 20.7 Å². The van der Waals surface area contributed by atoms with Crippen molar-refractivity contribution in [2.24, 2.45) is 0 Å². The Bertz CT molecular complexity index is 807. The first-order valence-electron chi connectivity index (χ1n) is 6.05. The summed E-state index contributed by atoms with van der Waals surface area (Å²) in [5, 5.41) is 0. The first kappa shape index (κ1) is 15.8. The Hall–Kier alpha value is -1.60. The molecule has 112 valence electrons. The summed E-state index contributed by atoms with van der Waals surface area (Å²) in [6.07, 6.45) is 0. The lowest BCUT2D eigenvalue weighted by Crippen LogP contribution is -2.15. The lowest BCUT2D eigenvalue weighted by atomic mass is 10.2. The maximum Gasteiger partial charge on any atom is 0.262 e. The van der Waals surface area contributed by atoms with E-state index in [0.29, 0.717) is 11.3 Å². The summed E-state index contributed by atoms with van der Waals surface area (Å²) in [5.41, 5.74) is 6.94. The molecule has 0 radical (unpaired) electrons. The molecule has 2 rings (SSSR count). The maximum atomic E-state index is 13.3. The van der Waals surface area contributed by atoms with E-state index < -0.39 is 15.8 Å². The monoisotopic (exact) mass is 372 g/mol. The normalized spacial score (nSPS) is 11.4. The van der Waals surface area contributed by atoms with Gasteiger partial charge in [0.25, 0.3) is 10.0 Å². The van der Waals surface area contributed by atoms with Crippen molar-refractivity contribution in [1.29, 1.82) is 0 Å². The summed E-state index contributed by atoms with van der Waals surface area (Å²) >= 11 is 3.34. The minimum Gasteiger partial charge on any atom is -0.396 e. The van der Waals surface area contributed by atoms with E-state index in [0.717, 1.165) is 22.2 Å².